The molecule has 3 heteroatoms. The van der Waals surface area contributed by atoms with E-state index in [1.54, 1.807) is 13.2 Å². The SMILES string of the molecule is COc1ccc(Cl)cc1CC#CCN. The summed E-state index contributed by atoms with van der Waals surface area (Å²) < 4.78 is 5.17. The maximum absolute atomic E-state index is 5.86. The summed E-state index contributed by atoms with van der Waals surface area (Å²) in [6.07, 6.45) is 0.612. The van der Waals surface area contributed by atoms with Crippen LogP contribution in [0.1, 0.15) is 5.56 Å². The fourth-order valence-electron chi connectivity index (χ4n) is 1.12. The molecular weight excluding hydrogens is 198 g/mol. The second-order valence-corrected chi connectivity index (χ2v) is 3.13. The predicted octanol–water partition coefficient (Wildman–Crippen LogP) is 1.85. The van der Waals surface area contributed by atoms with Gasteiger partial charge in [0.1, 0.15) is 5.75 Å². The average Bonchev–Trinajstić information content (AvgIpc) is 2.19. The summed E-state index contributed by atoms with van der Waals surface area (Å²) in [4.78, 5) is 0. The second kappa shape index (κ2) is 5.54. The van der Waals surface area contributed by atoms with E-state index < -0.39 is 0 Å². The van der Waals surface area contributed by atoms with Gasteiger partial charge in [-0.05, 0) is 18.2 Å². The van der Waals surface area contributed by atoms with E-state index in [4.69, 9.17) is 22.1 Å². The van der Waals surface area contributed by atoms with Gasteiger partial charge in [-0.15, -0.1) is 0 Å². The Kier molecular flexibility index (Phi) is 4.31. The molecule has 0 aromatic heterocycles. The van der Waals surface area contributed by atoms with Crippen molar-refractivity contribution in [2.45, 2.75) is 6.42 Å². The van der Waals surface area contributed by atoms with Crippen LogP contribution in [0.25, 0.3) is 0 Å². The van der Waals surface area contributed by atoms with E-state index in [1.807, 2.05) is 12.1 Å². The molecule has 0 fully saturated rings. The first-order valence-corrected chi connectivity index (χ1v) is 4.64. The van der Waals surface area contributed by atoms with Crippen LogP contribution in [0.5, 0.6) is 5.75 Å². The average molecular weight is 210 g/mol. The lowest BCUT2D eigenvalue weighted by Gasteiger charge is -2.05. The highest BCUT2D eigenvalue weighted by molar-refractivity contribution is 6.30. The third kappa shape index (κ3) is 2.95. The molecule has 0 aliphatic heterocycles. The fraction of sp³-hybridized carbons (Fsp3) is 0.273. The molecule has 1 rings (SSSR count). The van der Waals surface area contributed by atoms with Gasteiger partial charge in [0.15, 0.2) is 0 Å². The fourth-order valence-corrected chi connectivity index (χ4v) is 1.31. The van der Waals surface area contributed by atoms with E-state index in [0.717, 1.165) is 11.3 Å². The monoisotopic (exact) mass is 209 g/mol. The maximum atomic E-state index is 5.86. The first-order valence-electron chi connectivity index (χ1n) is 4.26. The summed E-state index contributed by atoms with van der Waals surface area (Å²) >= 11 is 5.86. The zero-order valence-corrected chi connectivity index (χ0v) is 8.77. The smallest absolute Gasteiger partial charge is 0.123 e. The van der Waals surface area contributed by atoms with Crippen LogP contribution in [0.2, 0.25) is 5.02 Å². The van der Waals surface area contributed by atoms with E-state index in [0.29, 0.717) is 18.0 Å². The predicted molar refractivity (Wildman–Crippen MR) is 58.5 cm³/mol. The summed E-state index contributed by atoms with van der Waals surface area (Å²) in [5, 5.41) is 0.690. The number of halogens is 1. The molecular formula is C11H12ClNO. The van der Waals surface area contributed by atoms with Crippen molar-refractivity contribution in [2.75, 3.05) is 13.7 Å². The molecule has 0 aliphatic rings. The lowest BCUT2D eigenvalue weighted by atomic mass is 10.1. The van der Waals surface area contributed by atoms with Gasteiger partial charge in [-0.25, -0.2) is 0 Å². The molecule has 1 aromatic carbocycles. The number of ether oxygens (including phenoxy) is 1. The number of methoxy groups -OCH3 is 1. The molecule has 0 bridgehead atoms. The van der Waals surface area contributed by atoms with Crippen molar-refractivity contribution in [1.29, 1.82) is 0 Å². The zero-order chi connectivity index (χ0) is 10.4. The van der Waals surface area contributed by atoms with E-state index in [1.165, 1.54) is 0 Å². The Morgan fingerprint density at radius 3 is 2.86 bits per heavy atom. The van der Waals surface area contributed by atoms with Crippen LogP contribution in [0.4, 0.5) is 0 Å². The molecule has 2 nitrogen and oxygen atoms in total. The molecule has 0 amide bonds. The number of hydrogen-bond donors (Lipinski definition) is 1. The highest BCUT2D eigenvalue weighted by Crippen LogP contribution is 2.22. The van der Waals surface area contributed by atoms with E-state index in [2.05, 4.69) is 11.8 Å². The molecule has 74 valence electrons. The van der Waals surface area contributed by atoms with Gasteiger partial charge in [0.25, 0.3) is 0 Å². The summed E-state index contributed by atoms with van der Waals surface area (Å²) in [5.74, 6) is 6.54. The Morgan fingerprint density at radius 1 is 1.43 bits per heavy atom. The molecule has 1 aromatic rings. The minimum absolute atomic E-state index is 0.378. The standard InChI is InChI=1S/C11H12ClNO/c1-14-11-6-5-10(12)8-9(11)4-2-3-7-13/h5-6,8H,4,7,13H2,1H3. The van der Waals surface area contributed by atoms with E-state index in [-0.39, 0.29) is 0 Å². The van der Waals surface area contributed by atoms with Crippen LogP contribution < -0.4 is 10.5 Å². The molecule has 2 N–H and O–H groups in total. The number of rotatable bonds is 2. The van der Waals surface area contributed by atoms with Gasteiger partial charge in [0, 0.05) is 17.0 Å². The van der Waals surface area contributed by atoms with Crippen LogP contribution in [0.3, 0.4) is 0 Å². The normalized spacial score (nSPS) is 9.07. The molecule has 0 unspecified atom stereocenters. The number of nitrogens with two attached hydrogens (primary N) is 1. The highest BCUT2D eigenvalue weighted by Gasteiger charge is 2.01. The molecule has 0 radical (unpaired) electrons. The summed E-state index contributed by atoms with van der Waals surface area (Å²) in [6.45, 7) is 0.378. The van der Waals surface area contributed by atoms with Crippen LogP contribution in [0.15, 0.2) is 18.2 Å². The van der Waals surface area contributed by atoms with Gasteiger partial charge in [-0.1, -0.05) is 23.4 Å². The van der Waals surface area contributed by atoms with Gasteiger partial charge in [0.05, 0.1) is 13.7 Å². The molecule has 14 heavy (non-hydrogen) atoms. The van der Waals surface area contributed by atoms with Gasteiger partial charge in [-0.2, -0.15) is 0 Å². The van der Waals surface area contributed by atoms with Gasteiger partial charge < -0.3 is 10.5 Å². The Hall–Kier alpha value is -1.17. The second-order valence-electron chi connectivity index (χ2n) is 2.69. The summed E-state index contributed by atoms with van der Waals surface area (Å²) in [7, 11) is 1.63. The lowest BCUT2D eigenvalue weighted by Crippen LogP contribution is -1.94. The quantitative estimate of drug-likeness (QED) is 0.755. The molecule has 0 saturated carbocycles. The largest absolute Gasteiger partial charge is 0.496 e. The van der Waals surface area contributed by atoms with Crippen molar-refractivity contribution in [2.24, 2.45) is 5.73 Å². The van der Waals surface area contributed by atoms with E-state index in [9.17, 15) is 0 Å². The molecule has 0 saturated heterocycles. The third-order valence-corrected chi connectivity index (χ3v) is 1.98. The van der Waals surface area contributed by atoms with Gasteiger partial charge in [-0.3, -0.25) is 0 Å². The Bertz CT molecular complexity index is 365. The van der Waals surface area contributed by atoms with Crippen molar-refractivity contribution in [1.82, 2.24) is 0 Å². The Labute approximate surface area is 89.0 Å². The van der Waals surface area contributed by atoms with Crippen molar-refractivity contribution >= 4 is 11.6 Å². The molecule has 0 atom stereocenters. The van der Waals surface area contributed by atoms with Crippen LogP contribution >= 0.6 is 11.6 Å². The number of benzene rings is 1. The van der Waals surface area contributed by atoms with Crippen molar-refractivity contribution in [3.63, 3.8) is 0 Å². The van der Waals surface area contributed by atoms with Crippen LogP contribution in [0, 0.1) is 11.8 Å². The van der Waals surface area contributed by atoms with Crippen molar-refractivity contribution in [3.8, 4) is 17.6 Å². The number of hydrogen-bond acceptors (Lipinski definition) is 2. The molecule has 0 spiro atoms. The minimum Gasteiger partial charge on any atom is -0.496 e. The molecule has 0 aliphatic carbocycles. The first-order chi connectivity index (χ1) is 6.77. The minimum atomic E-state index is 0.378. The van der Waals surface area contributed by atoms with Crippen LogP contribution in [-0.2, 0) is 6.42 Å². The van der Waals surface area contributed by atoms with Crippen molar-refractivity contribution in [3.05, 3.63) is 28.8 Å². The van der Waals surface area contributed by atoms with Crippen molar-refractivity contribution < 1.29 is 4.74 Å². The first kappa shape index (κ1) is 10.9. The van der Waals surface area contributed by atoms with Gasteiger partial charge in [0.2, 0.25) is 0 Å². The molecule has 0 heterocycles. The third-order valence-electron chi connectivity index (χ3n) is 1.75. The van der Waals surface area contributed by atoms with Gasteiger partial charge >= 0.3 is 0 Å². The Morgan fingerprint density at radius 2 is 2.21 bits per heavy atom. The van der Waals surface area contributed by atoms with E-state index >= 15 is 0 Å². The summed E-state index contributed by atoms with van der Waals surface area (Å²) in [5.41, 5.74) is 6.25. The topological polar surface area (TPSA) is 35.2 Å². The Balaban J connectivity index is 2.87. The highest BCUT2D eigenvalue weighted by atomic mass is 35.5. The maximum Gasteiger partial charge on any atom is 0.123 e. The lowest BCUT2D eigenvalue weighted by molar-refractivity contribution is 0.411. The van der Waals surface area contributed by atoms with Crippen LogP contribution in [-0.4, -0.2) is 13.7 Å². The zero-order valence-electron chi connectivity index (χ0n) is 8.01. The summed E-state index contributed by atoms with van der Waals surface area (Å²) in [6, 6.07) is 5.48.